The predicted octanol–water partition coefficient (Wildman–Crippen LogP) is -10.7. The second kappa shape index (κ2) is 24.1. The molecule has 0 aromatic rings. The van der Waals surface area contributed by atoms with Crippen LogP contribution in [0.25, 0.3) is 0 Å². The molecule has 0 aromatic carbocycles. The van der Waals surface area contributed by atoms with Crippen LogP contribution >= 0.6 is 0 Å². The number of hydrogen-bond acceptors (Lipinski definition) is 12. The smallest absolute Gasteiger partial charge is 0.726 e. The Kier molecular flexibility index (Phi) is 33.2. The van der Waals surface area contributed by atoms with Crippen molar-refractivity contribution in [2.75, 3.05) is 26.4 Å². The number of aliphatic hydroxyl groups is 4. The number of hydrogen-bond donors (Lipinski definition) is 4. The van der Waals surface area contributed by atoms with Crippen molar-refractivity contribution in [3.8, 4) is 0 Å². The molecule has 0 saturated carbocycles. The maximum Gasteiger partial charge on any atom is 1.00 e. The summed E-state index contributed by atoms with van der Waals surface area (Å²) in [5.41, 5.74) is -0.835. The average molecular weight is 601 g/mol. The molecule has 212 valence electrons. The molecule has 16 heteroatoms. The zero-order valence-electron chi connectivity index (χ0n) is 23.6. The Labute approximate surface area is 294 Å². The Morgan fingerprint density at radius 3 is 1.32 bits per heavy atom. The maximum absolute atomic E-state index is 10.8. The summed E-state index contributed by atoms with van der Waals surface area (Å²) in [4.78, 5) is 21.4. The van der Waals surface area contributed by atoms with E-state index in [1.807, 2.05) is 20.8 Å². The van der Waals surface area contributed by atoms with E-state index in [-0.39, 0.29) is 127 Å². The van der Waals surface area contributed by atoms with Crippen LogP contribution in [0.5, 0.6) is 0 Å². The second-order valence-corrected chi connectivity index (χ2v) is 11.3. The summed E-state index contributed by atoms with van der Waals surface area (Å²) < 4.78 is 36.2. The first-order chi connectivity index (χ1) is 15.2. The van der Waals surface area contributed by atoms with Crippen molar-refractivity contribution in [1.29, 1.82) is 0 Å². The van der Waals surface area contributed by atoms with Crippen LogP contribution in [0, 0.1) is 34.5 Å². The molecule has 0 fully saturated rings. The third-order valence-corrected chi connectivity index (χ3v) is 6.13. The van der Waals surface area contributed by atoms with Crippen molar-refractivity contribution >= 4 is 22.3 Å². The summed E-state index contributed by atoms with van der Waals surface area (Å²) in [5, 5.41) is 57.5. The van der Waals surface area contributed by atoms with Crippen molar-refractivity contribution in [1.82, 2.24) is 0 Å². The van der Waals surface area contributed by atoms with Crippen molar-refractivity contribution in [2.45, 2.75) is 67.9 Å². The van der Waals surface area contributed by atoms with Gasteiger partial charge in [-0.25, -0.2) is 8.42 Å². The Bertz CT molecular complexity index is 724. The quantitative estimate of drug-likeness (QED) is 0.0878. The summed E-state index contributed by atoms with van der Waals surface area (Å²) in [6.45, 7) is 8.82. The fraction of sp³-hybridized carbons (Fsp3) is 0.909. The molecule has 0 radical (unpaired) electrons. The summed E-state index contributed by atoms with van der Waals surface area (Å²) in [6, 6.07) is 0. The molecule has 12 nitrogen and oxygen atoms in total. The van der Waals surface area contributed by atoms with Gasteiger partial charge in [-0.1, -0.05) is 49.0 Å². The van der Waals surface area contributed by atoms with Gasteiger partial charge in [0.05, 0.1) is 19.8 Å². The number of carboxylic acids is 2. The Balaban J connectivity index is -0.000000128. The monoisotopic (exact) mass is 600 g/mol. The van der Waals surface area contributed by atoms with Crippen LogP contribution in [-0.2, 0) is 24.2 Å². The largest absolute Gasteiger partial charge is 1.00 e. The summed E-state index contributed by atoms with van der Waals surface area (Å²) >= 11 is 0. The van der Waals surface area contributed by atoms with Crippen LogP contribution < -0.4 is 98.9 Å². The van der Waals surface area contributed by atoms with Crippen LogP contribution in [0.15, 0.2) is 0 Å². The minimum Gasteiger partial charge on any atom is -0.726 e. The number of carbonyl (C=O) groups excluding carboxylic acids is 2. The van der Waals surface area contributed by atoms with E-state index in [1.165, 1.54) is 0 Å². The fourth-order valence-electron chi connectivity index (χ4n) is 3.28. The zero-order valence-corrected chi connectivity index (χ0v) is 30.4. The van der Waals surface area contributed by atoms with Crippen molar-refractivity contribution < 1.29 is 146 Å². The molecule has 0 aliphatic carbocycles. The number of carbonyl (C=O) groups is 2. The minimum atomic E-state index is -5.04. The molecule has 5 atom stereocenters. The first-order valence-electron chi connectivity index (χ1n) is 10.7. The van der Waals surface area contributed by atoms with Gasteiger partial charge >= 0.3 is 88.7 Å². The predicted molar refractivity (Wildman–Crippen MR) is 122 cm³/mol. The number of aliphatic carboxylic acids is 2. The van der Waals surface area contributed by atoms with Crippen LogP contribution in [0.2, 0.25) is 0 Å². The normalized spacial score (nSPS) is 15.2. The van der Waals surface area contributed by atoms with E-state index in [4.69, 9.17) is 15.3 Å². The van der Waals surface area contributed by atoms with Crippen molar-refractivity contribution in [3.63, 3.8) is 0 Å². The molecule has 4 N–H and O–H groups in total. The van der Waals surface area contributed by atoms with Gasteiger partial charge < -0.3 is 44.8 Å². The van der Waals surface area contributed by atoms with Gasteiger partial charge in [-0.05, 0) is 35.5 Å². The molecule has 0 aliphatic heterocycles. The van der Waals surface area contributed by atoms with E-state index in [0.717, 1.165) is 0 Å². The van der Waals surface area contributed by atoms with Gasteiger partial charge in [0.1, 0.15) is 6.10 Å². The van der Waals surface area contributed by atoms with Gasteiger partial charge in [0.2, 0.25) is 10.4 Å². The van der Waals surface area contributed by atoms with E-state index in [1.54, 1.807) is 20.8 Å². The van der Waals surface area contributed by atoms with E-state index in [2.05, 4.69) is 4.18 Å². The summed E-state index contributed by atoms with van der Waals surface area (Å²) in [7, 11) is -5.04. The molecule has 0 rings (SSSR count). The van der Waals surface area contributed by atoms with Gasteiger partial charge in [-0.3, -0.25) is 4.18 Å². The van der Waals surface area contributed by atoms with Crippen molar-refractivity contribution in [2.24, 2.45) is 34.5 Å². The molecular formula is C22H43Na3O12S. The van der Waals surface area contributed by atoms with E-state index < -0.39 is 71.4 Å². The molecule has 0 heterocycles. The average Bonchev–Trinajstić information content (AvgIpc) is 2.65. The van der Waals surface area contributed by atoms with Crippen LogP contribution in [-0.4, -0.2) is 77.9 Å². The SMILES string of the molecule is C.CC(C)(C)C(CC(CO)C(=O)[O-])C(CO)OS(=O)(=O)[O-].CC(C)(C)C(CO)CC(CO)C(=O)[O-].[Na+].[Na+].[Na+]. The molecule has 0 saturated heterocycles. The van der Waals surface area contributed by atoms with Gasteiger partial charge in [-0.15, -0.1) is 0 Å². The number of carboxylic acid groups (broad SMARTS) is 2. The molecule has 0 aromatic heterocycles. The van der Waals surface area contributed by atoms with Crippen LogP contribution in [0.1, 0.15) is 61.8 Å². The van der Waals surface area contributed by atoms with Crippen molar-refractivity contribution in [3.05, 3.63) is 0 Å². The van der Waals surface area contributed by atoms with E-state index in [9.17, 15) is 37.9 Å². The molecule has 38 heavy (non-hydrogen) atoms. The second-order valence-electron chi connectivity index (χ2n) is 10.3. The number of rotatable bonds is 13. The summed E-state index contributed by atoms with van der Waals surface area (Å²) in [5.74, 6) is -5.81. The van der Waals surface area contributed by atoms with Crippen LogP contribution in [0.3, 0.4) is 0 Å². The summed E-state index contributed by atoms with van der Waals surface area (Å²) in [6.07, 6.45) is -1.33. The van der Waals surface area contributed by atoms with E-state index >= 15 is 0 Å². The van der Waals surface area contributed by atoms with Crippen LogP contribution in [0.4, 0.5) is 0 Å². The van der Waals surface area contributed by atoms with E-state index in [0.29, 0.717) is 0 Å². The first kappa shape index (κ1) is 52.3. The standard InChI is InChI=1S/C11H22O8S.C10H20O4.CH4.3Na/c1-11(2,3)8(4-7(5-12)10(14)15)9(6-13)19-20(16,17)18;1-10(2,3)8(6-12)4-7(5-11)9(13)14;;;;/h7-9,12-13H,4-6H2,1-3H3,(H,14,15)(H,16,17,18);7-8,11-12H,4-6H2,1-3H3,(H,13,14);1H4;;;/q;;;3*+1/p-3. The Morgan fingerprint density at radius 2 is 1.11 bits per heavy atom. The fourth-order valence-corrected chi connectivity index (χ4v) is 3.78. The molecule has 5 unspecified atom stereocenters. The third-order valence-electron chi connectivity index (χ3n) is 5.64. The molecule has 0 bridgehead atoms. The van der Waals surface area contributed by atoms with Gasteiger partial charge in [0, 0.05) is 30.4 Å². The Hall–Kier alpha value is 1.65. The van der Waals surface area contributed by atoms with Gasteiger partial charge in [-0.2, -0.15) is 0 Å². The first-order valence-corrected chi connectivity index (χ1v) is 12.1. The zero-order chi connectivity index (χ0) is 27.5. The molecule has 0 spiro atoms. The Morgan fingerprint density at radius 1 is 0.737 bits per heavy atom. The van der Waals surface area contributed by atoms with Gasteiger partial charge in [0.25, 0.3) is 0 Å². The van der Waals surface area contributed by atoms with Gasteiger partial charge in [0.15, 0.2) is 0 Å². The third kappa shape index (κ3) is 23.2. The molecule has 0 amide bonds. The minimum absolute atomic E-state index is 0. The molecule has 0 aliphatic rings. The maximum atomic E-state index is 10.8. The number of aliphatic hydroxyl groups excluding tert-OH is 4. The molecular weight excluding hydrogens is 557 g/mol. The topological polar surface area (TPSA) is 228 Å².